The Kier molecular flexibility index (Phi) is 2.22. The van der Waals surface area contributed by atoms with E-state index in [-0.39, 0.29) is 5.39 Å². The minimum absolute atomic E-state index is 0.0230. The van der Waals surface area contributed by atoms with Gasteiger partial charge >= 0.3 is 0 Å². The number of rotatable bonds is 1. The SMILES string of the molecule is Cn1cc(-c2cc(F)c3c(=O)[nH]cnc3c2)cn1. The van der Waals surface area contributed by atoms with Crippen LogP contribution in [0.25, 0.3) is 22.0 Å². The van der Waals surface area contributed by atoms with Crippen LogP contribution in [0, 0.1) is 5.82 Å². The number of benzene rings is 1. The number of hydrogen-bond donors (Lipinski definition) is 1. The molecule has 0 fully saturated rings. The smallest absolute Gasteiger partial charge is 0.261 e. The highest BCUT2D eigenvalue weighted by Crippen LogP contribution is 2.23. The van der Waals surface area contributed by atoms with Crippen LogP contribution in [-0.4, -0.2) is 19.7 Å². The van der Waals surface area contributed by atoms with Crippen molar-refractivity contribution in [3.63, 3.8) is 0 Å². The quantitative estimate of drug-likeness (QED) is 0.704. The summed E-state index contributed by atoms with van der Waals surface area (Å²) in [5.41, 5.74) is 1.28. The van der Waals surface area contributed by atoms with Crippen LogP contribution in [0.15, 0.2) is 35.6 Å². The molecule has 0 saturated heterocycles. The Labute approximate surface area is 101 Å². The molecule has 0 amide bonds. The lowest BCUT2D eigenvalue weighted by atomic mass is 10.1. The second kappa shape index (κ2) is 3.76. The van der Waals surface area contributed by atoms with E-state index in [4.69, 9.17) is 0 Å². The van der Waals surface area contributed by atoms with Crippen LogP contribution in [0.4, 0.5) is 4.39 Å². The van der Waals surface area contributed by atoms with Crippen molar-refractivity contribution in [2.45, 2.75) is 0 Å². The first-order chi connectivity index (χ1) is 8.65. The number of nitrogens with one attached hydrogen (secondary N) is 1. The fourth-order valence-electron chi connectivity index (χ4n) is 1.89. The Morgan fingerprint density at radius 3 is 2.89 bits per heavy atom. The third-order valence-corrected chi connectivity index (χ3v) is 2.73. The Balaban J connectivity index is 2.31. The third-order valence-electron chi connectivity index (χ3n) is 2.73. The molecule has 18 heavy (non-hydrogen) atoms. The van der Waals surface area contributed by atoms with E-state index in [0.717, 1.165) is 5.56 Å². The zero-order valence-electron chi connectivity index (χ0n) is 9.51. The molecule has 0 aliphatic heterocycles. The van der Waals surface area contributed by atoms with E-state index >= 15 is 0 Å². The van der Waals surface area contributed by atoms with Crippen molar-refractivity contribution in [1.82, 2.24) is 19.7 Å². The molecule has 0 aliphatic rings. The predicted octanol–water partition coefficient (Wildman–Crippen LogP) is 1.46. The fraction of sp³-hybridized carbons (Fsp3) is 0.0833. The number of aryl methyl sites for hydroxylation is 1. The zero-order valence-corrected chi connectivity index (χ0v) is 9.51. The molecule has 0 aliphatic carbocycles. The van der Waals surface area contributed by atoms with Crippen molar-refractivity contribution >= 4 is 10.9 Å². The topological polar surface area (TPSA) is 63.6 Å². The highest BCUT2D eigenvalue weighted by atomic mass is 19.1. The molecular weight excluding hydrogens is 235 g/mol. The van der Waals surface area contributed by atoms with Gasteiger partial charge in [-0.05, 0) is 17.7 Å². The summed E-state index contributed by atoms with van der Waals surface area (Å²) in [5.74, 6) is -0.583. The molecule has 5 nitrogen and oxygen atoms in total. The van der Waals surface area contributed by atoms with Crippen molar-refractivity contribution in [1.29, 1.82) is 0 Å². The van der Waals surface area contributed by atoms with Crippen LogP contribution in [0.5, 0.6) is 0 Å². The molecule has 0 atom stereocenters. The van der Waals surface area contributed by atoms with Gasteiger partial charge in [0.1, 0.15) is 11.2 Å². The molecule has 0 unspecified atom stereocenters. The number of fused-ring (bicyclic) bond motifs is 1. The van der Waals surface area contributed by atoms with E-state index in [1.165, 1.54) is 12.4 Å². The van der Waals surface area contributed by atoms with E-state index in [2.05, 4.69) is 15.1 Å². The van der Waals surface area contributed by atoms with Crippen LogP contribution in [0.2, 0.25) is 0 Å². The predicted molar refractivity (Wildman–Crippen MR) is 64.5 cm³/mol. The third kappa shape index (κ3) is 1.58. The molecule has 3 aromatic rings. The molecule has 1 aromatic carbocycles. The van der Waals surface area contributed by atoms with Gasteiger partial charge in [0, 0.05) is 18.8 Å². The van der Waals surface area contributed by atoms with Crippen LogP contribution in [0.1, 0.15) is 0 Å². The van der Waals surface area contributed by atoms with Gasteiger partial charge in [0.15, 0.2) is 0 Å². The average Bonchev–Trinajstić information content (AvgIpc) is 2.75. The van der Waals surface area contributed by atoms with E-state index in [1.807, 2.05) is 0 Å². The minimum Gasteiger partial charge on any atom is -0.313 e. The summed E-state index contributed by atoms with van der Waals surface area (Å²) >= 11 is 0. The van der Waals surface area contributed by atoms with Crippen LogP contribution >= 0.6 is 0 Å². The van der Waals surface area contributed by atoms with Gasteiger partial charge in [0.2, 0.25) is 0 Å². The number of halogens is 1. The minimum atomic E-state index is -0.583. The summed E-state index contributed by atoms with van der Waals surface area (Å²) in [4.78, 5) is 17.8. The molecule has 0 spiro atoms. The lowest BCUT2D eigenvalue weighted by Crippen LogP contribution is -2.08. The summed E-state index contributed by atoms with van der Waals surface area (Å²) < 4.78 is 15.5. The van der Waals surface area contributed by atoms with Crippen molar-refractivity contribution in [2.75, 3.05) is 0 Å². The van der Waals surface area contributed by atoms with E-state index < -0.39 is 11.4 Å². The van der Waals surface area contributed by atoms with Gasteiger partial charge in [-0.15, -0.1) is 0 Å². The van der Waals surface area contributed by atoms with Gasteiger partial charge < -0.3 is 4.98 Å². The maximum atomic E-state index is 13.9. The standard InChI is InChI=1S/C12H9FN4O/c1-17-5-8(4-16-17)7-2-9(13)11-10(3-7)14-6-15-12(11)18/h2-6H,1H3,(H,14,15,18). The largest absolute Gasteiger partial charge is 0.313 e. The molecule has 0 saturated carbocycles. The van der Waals surface area contributed by atoms with Gasteiger partial charge in [0.25, 0.3) is 5.56 Å². The Hall–Kier alpha value is -2.50. The maximum Gasteiger partial charge on any atom is 0.261 e. The number of aromatic nitrogens is 4. The van der Waals surface area contributed by atoms with E-state index in [0.29, 0.717) is 11.1 Å². The van der Waals surface area contributed by atoms with Crippen molar-refractivity contribution in [3.05, 3.63) is 47.0 Å². The molecule has 0 radical (unpaired) electrons. The molecule has 2 aromatic heterocycles. The molecule has 0 bridgehead atoms. The zero-order chi connectivity index (χ0) is 12.7. The molecule has 6 heteroatoms. The summed E-state index contributed by atoms with van der Waals surface area (Å²) in [6.07, 6.45) is 4.67. The highest BCUT2D eigenvalue weighted by molar-refractivity contribution is 5.83. The van der Waals surface area contributed by atoms with Crippen molar-refractivity contribution < 1.29 is 4.39 Å². The number of hydrogen-bond acceptors (Lipinski definition) is 3. The van der Waals surface area contributed by atoms with Gasteiger partial charge in [-0.25, -0.2) is 9.37 Å². The monoisotopic (exact) mass is 244 g/mol. The molecular formula is C12H9FN4O. The summed E-state index contributed by atoms with van der Waals surface area (Å²) in [5, 5.41) is 4.00. The van der Waals surface area contributed by atoms with Crippen LogP contribution in [0.3, 0.4) is 0 Å². The summed E-state index contributed by atoms with van der Waals surface area (Å²) in [7, 11) is 1.78. The van der Waals surface area contributed by atoms with E-state index in [9.17, 15) is 9.18 Å². The number of aromatic amines is 1. The average molecular weight is 244 g/mol. The lowest BCUT2D eigenvalue weighted by Gasteiger charge is -2.01. The van der Waals surface area contributed by atoms with Gasteiger partial charge in [-0.2, -0.15) is 5.10 Å². The number of nitrogens with zero attached hydrogens (tertiary/aromatic N) is 3. The fourth-order valence-corrected chi connectivity index (χ4v) is 1.89. The van der Waals surface area contributed by atoms with Crippen molar-refractivity contribution in [2.24, 2.45) is 7.05 Å². The summed E-state index contributed by atoms with van der Waals surface area (Å²) in [6, 6.07) is 2.99. The lowest BCUT2D eigenvalue weighted by molar-refractivity contribution is 0.638. The first-order valence-corrected chi connectivity index (χ1v) is 5.31. The first-order valence-electron chi connectivity index (χ1n) is 5.31. The second-order valence-electron chi connectivity index (χ2n) is 3.99. The number of H-pyrrole nitrogens is 1. The molecule has 2 heterocycles. The summed E-state index contributed by atoms with van der Waals surface area (Å²) in [6.45, 7) is 0. The highest BCUT2D eigenvalue weighted by Gasteiger charge is 2.10. The van der Waals surface area contributed by atoms with Gasteiger partial charge in [-0.1, -0.05) is 0 Å². The van der Waals surface area contributed by atoms with Gasteiger partial charge in [0.05, 0.1) is 18.0 Å². The van der Waals surface area contributed by atoms with Gasteiger partial charge in [-0.3, -0.25) is 9.48 Å². The molecule has 3 rings (SSSR count). The van der Waals surface area contributed by atoms with Crippen molar-refractivity contribution in [3.8, 4) is 11.1 Å². The Bertz CT molecular complexity index is 790. The van der Waals surface area contributed by atoms with Crippen LogP contribution < -0.4 is 5.56 Å². The second-order valence-corrected chi connectivity index (χ2v) is 3.99. The van der Waals surface area contributed by atoms with E-state index in [1.54, 1.807) is 30.2 Å². The maximum absolute atomic E-state index is 13.9. The molecule has 90 valence electrons. The first kappa shape index (κ1) is 10.6. The Morgan fingerprint density at radius 2 is 2.17 bits per heavy atom. The van der Waals surface area contributed by atoms with Crippen LogP contribution in [-0.2, 0) is 7.05 Å². The Morgan fingerprint density at radius 1 is 1.33 bits per heavy atom. The molecule has 1 N–H and O–H groups in total. The normalized spacial score (nSPS) is 11.0.